The number of hydrogen-bond donors (Lipinski definition) is 2. The Hall–Kier alpha value is -2.88. The number of benzene rings is 1. The first-order valence-electron chi connectivity index (χ1n) is 7.21. The Labute approximate surface area is 129 Å². The fourth-order valence-corrected chi connectivity index (χ4v) is 2.25. The number of nitrogens with one attached hydrogen (secondary N) is 2. The predicted octanol–water partition coefficient (Wildman–Crippen LogP) is 4.62. The topological polar surface area (TPSA) is 56.3 Å². The second-order valence-corrected chi connectivity index (χ2v) is 5.05. The summed E-state index contributed by atoms with van der Waals surface area (Å²) in [6.45, 7) is 3.98. The van der Waals surface area contributed by atoms with Gasteiger partial charge in [0.2, 0.25) is 0 Å². The summed E-state index contributed by atoms with van der Waals surface area (Å²) in [5.41, 5.74) is 5.62. The second-order valence-electron chi connectivity index (χ2n) is 5.05. The van der Waals surface area contributed by atoms with Gasteiger partial charge in [0, 0.05) is 12.4 Å². The van der Waals surface area contributed by atoms with E-state index in [9.17, 15) is 0 Å². The molecule has 0 unspecified atom stereocenters. The van der Waals surface area contributed by atoms with Gasteiger partial charge in [-0.2, -0.15) is 0 Å². The van der Waals surface area contributed by atoms with Gasteiger partial charge in [0.1, 0.15) is 0 Å². The maximum absolute atomic E-state index is 4.70. The Bertz CT molecular complexity index is 724. The van der Waals surface area contributed by atoms with Gasteiger partial charge in [0.05, 0.1) is 34.2 Å². The third-order valence-corrected chi connectivity index (χ3v) is 3.43. The zero-order chi connectivity index (χ0) is 15.4. The SMILES string of the molecule is CC(=Nc1ccccc1N=C(C)c1ccc[nH]1)c1ccc[nH]1. The molecule has 1 aromatic carbocycles. The molecule has 2 heterocycles. The highest BCUT2D eigenvalue weighted by Gasteiger charge is 2.04. The smallest absolute Gasteiger partial charge is 0.0890 e. The molecule has 0 aliphatic carbocycles. The minimum Gasteiger partial charge on any atom is -0.360 e. The highest BCUT2D eigenvalue weighted by molar-refractivity contribution is 6.01. The number of H-pyrrole nitrogens is 2. The molecule has 2 N–H and O–H groups in total. The first-order valence-corrected chi connectivity index (χ1v) is 7.21. The molecule has 4 heteroatoms. The van der Waals surface area contributed by atoms with Crippen molar-refractivity contribution in [3.63, 3.8) is 0 Å². The van der Waals surface area contributed by atoms with Gasteiger partial charge in [-0.25, -0.2) is 9.98 Å². The summed E-state index contributed by atoms with van der Waals surface area (Å²) < 4.78 is 0. The Morgan fingerprint density at radius 2 is 1.14 bits per heavy atom. The summed E-state index contributed by atoms with van der Waals surface area (Å²) in [7, 11) is 0. The number of aromatic nitrogens is 2. The highest BCUT2D eigenvalue weighted by atomic mass is 14.9. The molecule has 0 aliphatic heterocycles. The van der Waals surface area contributed by atoms with Crippen LogP contribution in [0.4, 0.5) is 11.4 Å². The molecule has 110 valence electrons. The lowest BCUT2D eigenvalue weighted by Crippen LogP contribution is -1.95. The molecule has 3 aromatic rings. The zero-order valence-corrected chi connectivity index (χ0v) is 12.7. The number of aliphatic imine (C=N–C) groups is 2. The van der Waals surface area contributed by atoms with E-state index in [1.807, 2.05) is 74.8 Å². The van der Waals surface area contributed by atoms with Crippen molar-refractivity contribution in [2.75, 3.05) is 0 Å². The van der Waals surface area contributed by atoms with E-state index < -0.39 is 0 Å². The van der Waals surface area contributed by atoms with Crippen LogP contribution in [0.5, 0.6) is 0 Å². The zero-order valence-electron chi connectivity index (χ0n) is 12.7. The van der Waals surface area contributed by atoms with Crippen LogP contribution in [0.1, 0.15) is 25.2 Å². The normalized spacial score (nSPS) is 12.6. The quantitative estimate of drug-likeness (QED) is 0.659. The Morgan fingerprint density at radius 1 is 0.682 bits per heavy atom. The average molecular weight is 290 g/mol. The van der Waals surface area contributed by atoms with Crippen LogP contribution in [-0.2, 0) is 0 Å². The minimum atomic E-state index is 0.862. The van der Waals surface area contributed by atoms with E-state index in [2.05, 4.69) is 9.97 Å². The van der Waals surface area contributed by atoms with Gasteiger partial charge in [-0.05, 0) is 50.2 Å². The van der Waals surface area contributed by atoms with Crippen molar-refractivity contribution in [3.8, 4) is 0 Å². The van der Waals surface area contributed by atoms with Crippen LogP contribution in [-0.4, -0.2) is 21.4 Å². The molecule has 4 nitrogen and oxygen atoms in total. The van der Waals surface area contributed by atoms with Gasteiger partial charge in [-0.1, -0.05) is 12.1 Å². The molecular formula is C18H18N4. The van der Waals surface area contributed by atoms with Crippen LogP contribution >= 0.6 is 0 Å². The van der Waals surface area contributed by atoms with E-state index in [0.29, 0.717) is 0 Å². The maximum atomic E-state index is 4.70. The third kappa shape index (κ3) is 3.06. The lowest BCUT2D eigenvalue weighted by Gasteiger charge is -2.04. The van der Waals surface area contributed by atoms with E-state index in [-0.39, 0.29) is 0 Å². The van der Waals surface area contributed by atoms with Gasteiger partial charge < -0.3 is 9.97 Å². The molecule has 0 radical (unpaired) electrons. The molecule has 0 atom stereocenters. The molecule has 0 spiro atoms. The molecule has 0 fully saturated rings. The summed E-state index contributed by atoms with van der Waals surface area (Å²) in [4.78, 5) is 15.7. The van der Waals surface area contributed by atoms with E-state index in [4.69, 9.17) is 9.98 Å². The Balaban J connectivity index is 1.97. The highest BCUT2D eigenvalue weighted by Crippen LogP contribution is 2.28. The number of rotatable bonds is 4. The first kappa shape index (κ1) is 14.1. The van der Waals surface area contributed by atoms with Crippen molar-refractivity contribution < 1.29 is 0 Å². The molecular weight excluding hydrogens is 272 g/mol. The standard InChI is InChI=1S/C18H18N4/c1-13(15-9-5-11-19-15)21-17-7-3-4-8-18(17)22-14(2)16-10-6-12-20-16/h3-12,19-20H,1-2H3. The van der Waals surface area contributed by atoms with Gasteiger partial charge >= 0.3 is 0 Å². The van der Waals surface area contributed by atoms with Crippen molar-refractivity contribution in [2.24, 2.45) is 9.98 Å². The van der Waals surface area contributed by atoms with Gasteiger partial charge in [0.25, 0.3) is 0 Å². The fraction of sp³-hybridized carbons (Fsp3) is 0.111. The van der Waals surface area contributed by atoms with Gasteiger partial charge in [0.15, 0.2) is 0 Å². The van der Waals surface area contributed by atoms with Crippen molar-refractivity contribution in [1.82, 2.24) is 9.97 Å². The number of hydrogen-bond acceptors (Lipinski definition) is 2. The van der Waals surface area contributed by atoms with Crippen LogP contribution < -0.4 is 0 Å². The molecule has 22 heavy (non-hydrogen) atoms. The fourth-order valence-electron chi connectivity index (χ4n) is 2.25. The summed E-state index contributed by atoms with van der Waals surface area (Å²) in [5, 5.41) is 0. The van der Waals surface area contributed by atoms with E-state index in [0.717, 1.165) is 34.2 Å². The molecule has 0 saturated carbocycles. The van der Waals surface area contributed by atoms with Gasteiger partial charge in [-0.3, -0.25) is 0 Å². The number of nitrogens with zero attached hydrogens (tertiary/aromatic N) is 2. The van der Waals surface area contributed by atoms with Crippen LogP contribution in [0.15, 0.2) is 70.9 Å². The molecule has 0 aliphatic rings. The molecule has 0 bridgehead atoms. The summed E-state index contributed by atoms with van der Waals surface area (Å²) >= 11 is 0. The van der Waals surface area contributed by atoms with Crippen LogP contribution in [0, 0.1) is 0 Å². The lowest BCUT2D eigenvalue weighted by molar-refractivity contribution is 1.33. The molecule has 2 aromatic heterocycles. The van der Waals surface area contributed by atoms with Crippen LogP contribution in [0.3, 0.4) is 0 Å². The average Bonchev–Trinajstić information content (AvgIpc) is 3.23. The Morgan fingerprint density at radius 3 is 1.50 bits per heavy atom. The molecule has 3 rings (SSSR count). The first-order chi connectivity index (χ1) is 10.7. The van der Waals surface area contributed by atoms with Crippen molar-refractivity contribution in [1.29, 1.82) is 0 Å². The summed E-state index contributed by atoms with van der Waals surface area (Å²) in [5.74, 6) is 0. The van der Waals surface area contributed by atoms with E-state index in [1.54, 1.807) is 0 Å². The molecule has 0 amide bonds. The molecule has 0 saturated heterocycles. The minimum absolute atomic E-state index is 0.862. The van der Waals surface area contributed by atoms with Crippen LogP contribution in [0.25, 0.3) is 0 Å². The number of para-hydroxylation sites is 2. The predicted molar refractivity (Wildman–Crippen MR) is 91.8 cm³/mol. The van der Waals surface area contributed by atoms with Gasteiger partial charge in [-0.15, -0.1) is 0 Å². The van der Waals surface area contributed by atoms with Crippen molar-refractivity contribution in [2.45, 2.75) is 13.8 Å². The number of aromatic amines is 2. The van der Waals surface area contributed by atoms with Crippen molar-refractivity contribution in [3.05, 3.63) is 72.3 Å². The summed E-state index contributed by atoms with van der Waals surface area (Å²) in [6.07, 6.45) is 3.79. The second kappa shape index (κ2) is 6.26. The van der Waals surface area contributed by atoms with Crippen molar-refractivity contribution >= 4 is 22.8 Å². The monoisotopic (exact) mass is 290 g/mol. The van der Waals surface area contributed by atoms with E-state index in [1.165, 1.54) is 0 Å². The maximum Gasteiger partial charge on any atom is 0.0890 e. The summed E-state index contributed by atoms with van der Waals surface area (Å²) in [6, 6.07) is 15.9. The third-order valence-electron chi connectivity index (χ3n) is 3.43. The Kier molecular flexibility index (Phi) is 4.01. The van der Waals surface area contributed by atoms with E-state index >= 15 is 0 Å². The van der Waals surface area contributed by atoms with Crippen LogP contribution in [0.2, 0.25) is 0 Å². The largest absolute Gasteiger partial charge is 0.360 e. The lowest BCUT2D eigenvalue weighted by atomic mass is 10.2.